The Hall–Kier alpha value is -4.04. The number of benzene rings is 3. The number of amides is 2. The Bertz CT molecular complexity index is 1330. The van der Waals surface area contributed by atoms with Crippen molar-refractivity contribution < 1.29 is 9.59 Å². The summed E-state index contributed by atoms with van der Waals surface area (Å²) in [5, 5.41) is 11.4. The second-order valence-electron chi connectivity index (χ2n) is 7.57. The van der Waals surface area contributed by atoms with Gasteiger partial charge in [-0.3, -0.25) is 9.59 Å². The van der Waals surface area contributed by atoms with Gasteiger partial charge in [0.1, 0.15) is 5.69 Å². The number of nitrogens with one attached hydrogen (secondary N) is 2. The first-order valence-electron chi connectivity index (χ1n) is 10.6. The van der Waals surface area contributed by atoms with Crippen molar-refractivity contribution in [2.24, 2.45) is 5.10 Å². The van der Waals surface area contributed by atoms with E-state index in [1.165, 1.54) is 0 Å². The normalized spacial score (nSPS) is 10.9. The second kappa shape index (κ2) is 10.7. The molecule has 0 atom stereocenters. The molecule has 0 saturated carbocycles. The molecule has 0 unspecified atom stereocenters. The molecule has 8 heteroatoms. The monoisotopic (exact) mass is 515 g/mol. The first kappa shape index (κ1) is 23.1. The molecule has 0 fully saturated rings. The highest BCUT2D eigenvalue weighted by molar-refractivity contribution is 9.10. The lowest BCUT2D eigenvalue weighted by atomic mass is 10.1. The van der Waals surface area contributed by atoms with E-state index >= 15 is 0 Å². The number of carbonyl (C=O) groups is 2. The third kappa shape index (κ3) is 5.85. The smallest absolute Gasteiger partial charge is 0.259 e. The summed E-state index contributed by atoms with van der Waals surface area (Å²) < 4.78 is 2.73. The molecular formula is C26H22BrN5O2. The van der Waals surface area contributed by atoms with E-state index in [4.69, 9.17) is 5.10 Å². The van der Waals surface area contributed by atoms with Crippen LogP contribution in [-0.4, -0.2) is 34.4 Å². The Balaban J connectivity index is 1.46. The van der Waals surface area contributed by atoms with Crippen LogP contribution in [0.4, 0.5) is 0 Å². The van der Waals surface area contributed by atoms with Crippen molar-refractivity contribution in [1.82, 2.24) is 20.5 Å². The topological polar surface area (TPSA) is 88.4 Å². The molecule has 0 bridgehead atoms. The minimum atomic E-state index is -0.433. The van der Waals surface area contributed by atoms with Crippen LogP contribution in [0, 0.1) is 6.92 Å². The van der Waals surface area contributed by atoms with E-state index in [-0.39, 0.29) is 12.5 Å². The van der Waals surface area contributed by atoms with Gasteiger partial charge in [-0.05, 0) is 43.3 Å². The van der Waals surface area contributed by atoms with E-state index in [0.29, 0.717) is 5.56 Å². The number of halogens is 1. The maximum atomic E-state index is 12.2. The number of carbonyl (C=O) groups excluding carboxylic acids is 2. The molecule has 0 spiro atoms. The number of nitrogens with zero attached hydrogens (tertiary/aromatic N) is 3. The fourth-order valence-corrected chi connectivity index (χ4v) is 3.55. The Kier molecular flexibility index (Phi) is 7.29. The fourth-order valence-electron chi connectivity index (χ4n) is 3.29. The first-order chi connectivity index (χ1) is 16.5. The molecule has 2 amide bonds. The van der Waals surface area contributed by atoms with Crippen molar-refractivity contribution in [1.29, 1.82) is 0 Å². The van der Waals surface area contributed by atoms with Crippen LogP contribution in [0.5, 0.6) is 0 Å². The van der Waals surface area contributed by atoms with Crippen LogP contribution in [0.2, 0.25) is 0 Å². The molecule has 0 radical (unpaired) electrons. The summed E-state index contributed by atoms with van der Waals surface area (Å²) in [5.74, 6) is -0.748. The summed E-state index contributed by atoms with van der Waals surface area (Å²) in [4.78, 5) is 24.4. The highest BCUT2D eigenvalue weighted by atomic mass is 79.9. The molecule has 7 nitrogen and oxygen atoms in total. The van der Waals surface area contributed by atoms with Gasteiger partial charge in [0.25, 0.3) is 11.8 Å². The molecule has 170 valence electrons. The van der Waals surface area contributed by atoms with E-state index < -0.39 is 5.91 Å². The standard InChI is InChI=1S/C26H22BrN5O2/c1-18-6-5-7-20(14-18)26(34)28-16-24(33)30-29-15-21-17-32(23-8-3-2-4-9-23)31-25(21)19-10-12-22(27)13-11-19/h2-15,17H,16H2,1H3,(H,28,34)(H,30,33)/b29-15-. The zero-order valence-corrected chi connectivity index (χ0v) is 20.0. The SMILES string of the molecule is Cc1cccc(C(=O)NCC(=O)N/N=C\c2cn(-c3ccccc3)nc2-c2ccc(Br)cc2)c1. The van der Waals surface area contributed by atoms with Crippen molar-refractivity contribution in [3.63, 3.8) is 0 Å². The number of aromatic nitrogens is 2. The van der Waals surface area contributed by atoms with E-state index in [2.05, 4.69) is 31.8 Å². The van der Waals surface area contributed by atoms with Gasteiger partial charge in [0.15, 0.2) is 0 Å². The van der Waals surface area contributed by atoms with Gasteiger partial charge in [0.05, 0.1) is 18.4 Å². The fraction of sp³-hybridized carbons (Fsp3) is 0.0769. The molecule has 1 heterocycles. The van der Waals surface area contributed by atoms with Crippen molar-refractivity contribution in [3.8, 4) is 16.9 Å². The van der Waals surface area contributed by atoms with Crippen LogP contribution in [0.3, 0.4) is 0 Å². The van der Waals surface area contributed by atoms with Crippen molar-refractivity contribution in [2.75, 3.05) is 6.54 Å². The average molecular weight is 516 g/mol. The predicted octanol–water partition coefficient (Wildman–Crippen LogP) is 4.49. The largest absolute Gasteiger partial charge is 0.343 e. The maximum absolute atomic E-state index is 12.2. The Labute approximate surface area is 205 Å². The molecule has 34 heavy (non-hydrogen) atoms. The number of hydrogen-bond acceptors (Lipinski definition) is 4. The van der Waals surface area contributed by atoms with E-state index in [0.717, 1.165) is 32.5 Å². The number of rotatable bonds is 7. The van der Waals surface area contributed by atoms with Gasteiger partial charge in [0, 0.05) is 27.4 Å². The molecule has 0 aliphatic carbocycles. The van der Waals surface area contributed by atoms with Crippen LogP contribution in [0.1, 0.15) is 21.5 Å². The zero-order valence-electron chi connectivity index (χ0n) is 18.4. The van der Waals surface area contributed by atoms with Gasteiger partial charge in [-0.2, -0.15) is 10.2 Å². The molecule has 0 aliphatic rings. The molecule has 1 aromatic heterocycles. The number of hydrazone groups is 1. The molecule has 2 N–H and O–H groups in total. The minimum Gasteiger partial charge on any atom is -0.343 e. The predicted molar refractivity (Wildman–Crippen MR) is 136 cm³/mol. The Morgan fingerprint density at radius 2 is 1.79 bits per heavy atom. The maximum Gasteiger partial charge on any atom is 0.259 e. The zero-order chi connectivity index (χ0) is 23.9. The summed E-state index contributed by atoms with van der Waals surface area (Å²) in [6.45, 7) is 1.72. The Morgan fingerprint density at radius 1 is 1.03 bits per heavy atom. The highest BCUT2D eigenvalue weighted by Gasteiger charge is 2.12. The number of aryl methyl sites for hydroxylation is 1. The van der Waals surface area contributed by atoms with Crippen LogP contribution in [0.15, 0.2) is 94.6 Å². The lowest BCUT2D eigenvalue weighted by Gasteiger charge is -2.05. The van der Waals surface area contributed by atoms with Gasteiger partial charge in [-0.25, -0.2) is 10.1 Å². The lowest BCUT2D eigenvalue weighted by Crippen LogP contribution is -2.34. The summed E-state index contributed by atoms with van der Waals surface area (Å²) >= 11 is 3.45. The second-order valence-corrected chi connectivity index (χ2v) is 8.48. The van der Waals surface area contributed by atoms with Gasteiger partial charge < -0.3 is 5.32 Å². The van der Waals surface area contributed by atoms with Crippen molar-refractivity contribution in [2.45, 2.75) is 6.92 Å². The summed E-state index contributed by atoms with van der Waals surface area (Å²) in [6.07, 6.45) is 3.39. The Morgan fingerprint density at radius 3 is 2.53 bits per heavy atom. The van der Waals surface area contributed by atoms with Gasteiger partial charge in [0.2, 0.25) is 0 Å². The number of para-hydroxylation sites is 1. The third-order valence-electron chi connectivity index (χ3n) is 4.96. The quantitative estimate of drug-likeness (QED) is 0.280. The lowest BCUT2D eigenvalue weighted by molar-refractivity contribution is -0.120. The van der Waals surface area contributed by atoms with E-state index in [1.54, 1.807) is 29.1 Å². The summed E-state index contributed by atoms with van der Waals surface area (Å²) in [7, 11) is 0. The van der Waals surface area contributed by atoms with Crippen molar-refractivity contribution >= 4 is 34.0 Å². The number of hydrogen-bond donors (Lipinski definition) is 2. The van der Waals surface area contributed by atoms with Crippen LogP contribution in [0.25, 0.3) is 16.9 Å². The highest BCUT2D eigenvalue weighted by Crippen LogP contribution is 2.24. The summed E-state index contributed by atoms with van der Waals surface area (Å²) in [6, 6.07) is 24.7. The van der Waals surface area contributed by atoms with Gasteiger partial charge in [-0.1, -0.05) is 64.0 Å². The minimum absolute atomic E-state index is 0.188. The van der Waals surface area contributed by atoms with Crippen LogP contribution >= 0.6 is 15.9 Å². The molecule has 4 aromatic rings. The molecule has 0 saturated heterocycles. The van der Waals surface area contributed by atoms with Crippen LogP contribution in [-0.2, 0) is 4.79 Å². The first-order valence-corrected chi connectivity index (χ1v) is 11.4. The average Bonchev–Trinajstić information content (AvgIpc) is 3.27. The van der Waals surface area contributed by atoms with E-state index in [9.17, 15) is 9.59 Å². The van der Waals surface area contributed by atoms with Gasteiger partial charge >= 0.3 is 0 Å². The molecular weight excluding hydrogens is 494 g/mol. The molecule has 3 aromatic carbocycles. The third-order valence-corrected chi connectivity index (χ3v) is 5.49. The molecule has 0 aliphatic heterocycles. The molecule has 4 rings (SSSR count). The van der Waals surface area contributed by atoms with Crippen LogP contribution < -0.4 is 10.7 Å². The van der Waals surface area contributed by atoms with E-state index in [1.807, 2.05) is 73.8 Å². The van der Waals surface area contributed by atoms with Crippen molar-refractivity contribution in [3.05, 3.63) is 106 Å². The van der Waals surface area contributed by atoms with Gasteiger partial charge in [-0.15, -0.1) is 0 Å². The summed E-state index contributed by atoms with van der Waals surface area (Å²) in [5.41, 5.74) is 7.21.